The molecule has 1 unspecified atom stereocenters. The number of nitriles is 1. The minimum absolute atomic E-state index is 0.179. The van der Waals surface area contributed by atoms with Gasteiger partial charge < -0.3 is 9.47 Å². The van der Waals surface area contributed by atoms with Gasteiger partial charge in [-0.2, -0.15) is 5.26 Å². The fourth-order valence-corrected chi connectivity index (χ4v) is 5.36. The highest BCUT2D eigenvalue weighted by Crippen LogP contribution is 2.40. The first-order chi connectivity index (χ1) is 18.0. The molecule has 0 aliphatic carbocycles. The number of nitrogens with zero attached hydrogens (tertiary/aromatic N) is 5. The number of likely N-dealkylation sites (N-methyl/N-ethyl adjacent to an activating group) is 1. The van der Waals surface area contributed by atoms with E-state index in [2.05, 4.69) is 15.6 Å². The van der Waals surface area contributed by atoms with Crippen molar-refractivity contribution in [2.75, 3.05) is 13.1 Å². The third-order valence-corrected chi connectivity index (χ3v) is 7.34. The van der Waals surface area contributed by atoms with E-state index < -0.39 is 5.54 Å². The van der Waals surface area contributed by atoms with Crippen molar-refractivity contribution in [2.24, 2.45) is 0 Å². The van der Waals surface area contributed by atoms with Crippen LogP contribution in [0.2, 0.25) is 0 Å². The van der Waals surface area contributed by atoms with Gasteiger partial charge in [0.15, 0.2) is 0 Å². The summed E-state index contributed by atoms with van der Waals surface area (Å²) in [6.45, 7) is 5.21. The third kappa shape index (κ3) is 4.25. The molecule has 0 bridgehead atoms. The predicted molar refractivity (Wildman–Crippen MR) is 142 cm³/mol. The maximum Gasteiger partial charge on any atom is 0.327 e. The summed E-state index contributed by atoms with van der Waals surface area (Å²) in [7, 11) is 0. The van der Waals surface area contributed by atoms with Crippen LogP contribution < -0.4 is 0 Å². The molecule has 2 heterocycles. The van der Waals surface area contributed by atoms with Crippen LogP contribution in [0.25, 0.3) is 10.8 Å². The highest BCUT2D eigenvalue weighted by atomic mass is 16.2. The molecule has 3 amide bonds. The summed E-state index contributed by atoms with van der Waals surface area (Å²) in [4.78, 5) is 34.6. The Bertz CT molecular complexity index is 1500. The number of carbonyl (C=O) groups excluding carboxylic acids is 2. The molecule has 1 aliphatic rings. The maximum atomic E-state index is 13.8. The van der Waals surface area contributed by atoms with E-state index in [0.29, 0.717) is 38.0 Å². The molecule has 0 N–H and O–H groups in total. The Labute approximate surface area is 216 Å². The van der Waals surface area contributed by atoms with E-state index in [-0.39, 0.29) is 11.9 Å². The van der Waals surface area contributed by atoms with Crippen LogP contribution in [0.3, 0.4) is 0 Å². The lowest BCUT2D eigenvalue weighted by atomic mass is 9.86. The maximum absolute atomic E-state index is 13.8. The summed E-state index contributed by atoms with van der Waals surface area (Å²) in [5, 5.41) is 11.0. The standard InChI is InChI=1S/C30H29N5O2/c1-3-35-29(37)34(28(36)30(35,2)27-12-6-9-24-8-4-5-11-26(24)27)17-7-10-25-19-32-21-33(25)20-23-15-13-22(18-31)14-16-23/h4-6,8-9,11-16,19,21H,3,7,10,17,20H2,1-2H3. The van der Waals surface area contributed by atoms with Gasteiger partial charge in [0.1, 0.15) is 5.54 Å². The fourth-order valence-electron chi connectivity index (χ4n) is 5.36. The van der Waals surface area contributed by atoms with Crippen LogP contribution in [0.5, 0.6) is 0 Å². The molecule has 186 valence electrons. The second-order valence-electron chi connectivity index (χ2n) is 9.51. The van der Waals surface area contributed by atoms with Crippen LogP contribution in [0, 0.1) is 11.3 Å². The van der Waals surface area contributed by atoms with Gasteiger partial charge >= 0.3 is 6.03 Å². The van der Waals surface area contributed by atoms with Crippen molar-refractivity contribution in [1.29, 1.82) is 5.26 Å². The Hall–Kier alpha value is -4.44. The second-order valence-corrected chi connectivity index (χ2v) is 9.51. The molecule has 1 atom stereocenters. The summed E-state index contributed by atoms with van der Waals surface area (Å²) in [5.41, 5.74) is 2.55. The van der Waals surface area contributed by atoms with Crippen LogP contribution in [0.1, 0.15) is 42.7 Å². The van der Waals surface area contributed by atoms with Gasteiger partial charge in [-0.25, -0.2) is 9.78 Å². The van der Waals surface area contributed by atoms with Crippen molar-refractivity contribution < 1.29 is 9.59 Å². The number of aromatic nitrogens is 2. The SMILES string of the molecule is CCN1C(=O)N(CCCc2cncn2Cc2ccc(C#N)cc2)C(=O)C1(C)c1cccc2ccccc12. The number of imidazole rings is 1. The molecular formula is C30H29N5O2. The first-order valence-electron chi connectivity index (χ1n) is 12.6. The van der Waals surface area contributed by atoms with E-state index in [9.17, 15) is 9.59 Å². The Morgan fingerprint density at radius 1 is 1.00 bits per heavy atom. The lowest BCUT2D eigenvalue weighted by molar-refractivity contribution is -0.133. The molecule has 4 aromatic rings. The number of aryl methyl sites for hydroxylation is 1. The van der Waals surface area contributed by atoms with Gasteiger partial charge in [-0.05, 0) is 60.7 Å². The van der Waals surface area contributed by atoms with E-state index in [4.69, 9.17) is 5.26 Å². The van der Waals surface area contributed by atoms with Crippen LogP contribution in [0.4, 0.5) is 4.79 Å². The largest absolute Gasteiger partial charge is 0.330 e. The predicted octanol–water partition coefficient (Wildman–Crippen LogP) is 5.09. The molecular weight excluding hydrogens is 462 g/mol. The van der Waals surface area contributed by atoms with Gasteiger partial charge in [-0.1, -0.05) is 54.6 Å². The molecule has 7 nitrogen and oxygen atoms in total. The number of hydrogen-bond donors (Lipinski definition) is 0. The quantitative estimate of drug-likeness (QED) is 0.322. The van der Waals surface area contributed by atoms with E-state index in [1.165, 1.54) is 4.90 Å². The lowest BCUT2D eigenvalue weighted by Crippen LogP contribution is -2.44. The van der Waals surface area contributed by atoms with Crippen molar-refractivity contribution in [2.45, 2.75) is 38.8 Å². The summed E-state index contributed by atoms with van der Waals surface area (Å²) < 4.78 is 2.06. The van der Waals surface area contributed by atoms with Crippen LogP contribution in [-0.4, -0.2) is 44.4 Å². The fraction of sp³-hybridized carbons (Fsp3) is 0.267. The number of hydrogen-bond acceptors (Lipinski definition) is 4. The number of fused-ring (bicyclic) bond motifs is 1. The Kier molecular flexibility index (Phi) is 6.49. The van der Waals surface area contributed by atoms with Gasteiger partial charge in [0.2, 0.25) is 0 Å². The average molecular weight is 492 g/mol. The zero-order chi connectivity index (χ0) is 26.0. The van der Waals surface area contributed by atoms with Gasteiger partial charge in [0.25, 0.3) is 5.91 Å². The van der Waals surface area contributed by atoms with Crippen molar-refractivity contribution in [3.8, 4) is 6.07 Å². The molecule has 7 heteroatoms. The topological polar surface area (TPSA) is 82.2 Å². The third-order valence-electron chi connectivity index (χ3n) is 7.34. The van der Waals surface area contributed by atoms with Gasteiger partial charge in [0.05, 0.1) is 18.0 Å². The first kappa shape index (κ1) is 24.3. The van der Waals surface area contributed by atoms with Gasteiger partial charge in [0, 0.05) is 31.5 Å². The molecule has 3 aromatic carbocycles. The van der Waals surface area contributed by atoms with Crippen molar-refractivity contribution in [3.63, 3.8) is 0 Å². The van der Waals surface area contributed by atoms with Crippen LogP contribution in [-0.2, 0) is 23.3 Å². The molecule has 0 saturated carbocycles. The molecule has 37 heavy (non-hydrogen) atoms. The van der Waals surface area contributed by atoms with E-state index in [1.807, 2.05) is 86.8 Å². The van der Waals surface area contributed by atoms with Crippen LogP contribution >= 0.6 is 0 Å². The molecule has 1 aromatic heterocycles. The smallest absolute Gasteiger partial charge is 0.327 e. The Balaban J connectivity index is 1.32. The number of imide groups is 1. The Morgan fingerprint density at radius 2 is 1.76 bits per heavy atom. The second kappa shape index (κ2) is 9.90. The van der Waals surface area contributed by atoms with Crippen molar-refractivity contribution in [3.05, 3.63) is 102 Å². The molecule has 0 spiro atoms. The number of urea groups is 1. The van der Waals surface area contributed by atoms with E-state index in [0.717, 1.165) is 27.6 Å². The summed E-state index contributed by atoms with van der Waals surface area (Å²) >= 11 is 0. The number of carbonyl (C=O) groups is 2. The number of rotatable bonds is 8. The molecule has 0 radical (unpaired) electrons. The molecule has 5 rings (SSSR count). The highest BCUT2D eigenvalue weighted by molar-refractivity contribution is 6.09. The normalized spacial score (nSPS) is 17.5. The van der Waals surface area contributed by atoms with Crippen molar-refractivity contribution in [1.82, 2.24) is 19.4 Å². The minimum atomic E-state index is -1.05. The zero-order valence-corrected chi connectivity index (χ0v) is 21.1. The monoisotopic (exact) mass is 491 g/mol. The molecule has 1 saturated heterocycles. The molecule has 1 fully saturated rings. The van der Waals surface area contributed by atoms with Crippen LogP contribution in [0.15, 0.2) is 79.3 Å². The minimum Gasteiger partial charge on any atom is -0.330 e. The first-order valence-corrected chi connectivity index (χ1v) is 12.6. The lowest BCUT2D eigenvalue weighted by Gasteiger charge is -2.32. The summed E-state index contributed by atoms with van der Waals surface area (Å²) in [5.74, 6) is -0.179. The zero-order valence-electron chi connectivity index (χ0n) is 21.1. The van der Waals surface area contributed by atoms with E-state index in [1.54, 1.807) is 11.2 Å². The number of amides is 3. The van der Waals surface area contributed by atoms with E-state index >= 15 is 0 Å². The Morgan fingerprint density at radius 3 is 2.51 bits per heavy atom. The van der Waals surface area contributed by atoms with Gasteiger partial charge in [-0.15, -0.1) is 0 Å². The van der Waals surface area contributed by atoms with Gasteiger partial charge in [-0.3, -0.25) is 9.69 Å². The number of benzene rings is 3. The average Bonchev–Trinajstić information content (AvgIpc) is 3.44. The summed E-state index contributed by atoms with van der Waals surface area (Å²) in [6, 6.07) is 23.3. The summed E-state index contributed by atoms with van der Waals surface area (Å²) in [6.07, 6.45) is 4.94. The molecule has 1 aliphatic heterocycles. The van der Waals surface area contributed by atoms with Crippen molar-refractivity contribution >= 4 is 22.7 Å². The highest BCUT2D eigenvalue weighted by Gasteiger charge is 2.54.